The Morgan fingerprint density at radius 3 is 2.48 bits per heavy atom. The molecule has 3 aromatic carbocycles. The molecule has 0 aliphatic carbocycles. The number of hydrogen-bond donors (Lipinski definition) is 1. The number of para-hydroxylation sites is 1. The van der Waals surface area contributed by atoms with Crippen LogP contribution in [0.25, 0.3) is 22.8 Å². The maximum atomic E-state index is 12.9. The molecule has 0 aliphatic rings. The minimum atomic E-state index is -2.94. The van der Waals surface area contributed by atoms with Crippen molar-refractivity contribution in [2.24, 2.45) is 0 Å². The molecule has 0 aliphatic heterocycles. The largest absolute Gasteiger partial charge is 0.436 e. The number of oxazole rings is 1. The van der Waals surface area contributed by atoms with Crippen molar-refractivity contribution in [3.8, 4) is 28.5 Å². The van der Waals surface area contributed by atoms with Crippen LogP contribution in [0.5, 0.6) is 5.75 Å². The highest BCUT2D eigenvalue weighted by molar-refractivity contribution is 6.00. The van der Waals surface area contributed by atoms with Gasteiger partial charge < -0.3 is 14.5 Å². The van der Waals surface area contributed by atoms with E-state index < -0.39 is 6.61 Å². The van der Waals surface area contributed by atoms with Crippen LogP contribution in [0, 0.1) is 0 Å². The summed E-state index contributed by atoms with van der Waals surface area (Å²) in [6.07, 6.45) is 1.61. The first kappa shape index (κ1) is 20.3. The molecule has 7 heteroatoms. The number of carbonyl (C=O) groups is 1. The maximum absolute atomic E-state index is 12.9. The van der Waals surface area contributed by atoms with E-state index in [0.29, 0.717) is 28.3 Å². The average molecular weight is 420 g/mol. The predicted octanol–water partition coefficient (Wildman–Crippen LogP) is 5.54. The van der Waals surface area contributed by atoms with Crippen LogP contribution in [0.3, 0.4) is 0 Å². The van der Waals surface area contributed by atoms with E-state index in [9.17, 15) is 13.6 Å². The molecule has 4 aromatic rings. The van der Waals surface area contributed by atoms with Crippen molar-refractivity contribution in [2.45, 2.75) is 13.2 Å². The fraction of sp³-hybridized carbons (Fsp3) is 0.0833. The SMILES string of the molecule is O=C(NCc1ccccc1OC(F)F)c1ccccc1-c1ncc(-c2ccccc2)o1. The lowest BCUT2D eigenvalue weighted by molar-refractivity contribution is -0.0504. The van der Waals surface area contributed by atoms with Gasteiger partial charge in [-0.15, -0.1) is 0 Å². The zero-order valence-corrected chi connectivity index (χ0v) is 16.3. The van der Waals surface area contributed by atoms with Gasteiger partial charge in [-0.1, -0.05) is 60.7 Å². The molecule has 0 atom stereocenters. The molecule has 0 spiro atoms. The van der Waals surface area contributed by atoms with Crippen molar-refractivity contribution in [3.05, 3.63) is 96.2 Å². The minimum absolute atomic E-state index is 0.0197. The second-order valence-electron chi connectivity index (χ2n) is 6.61. The van der Waals surface area contributed by atoms with Crippen molar-refractivity contribution < 1.29 is 22.7 Å². The molecule has 4 rings (SSSR count). The summed E-state index contributed by atoms with van der Waals surface area (Å²) in [5.41, 5.74) is 2.20. The monoisotopic (exact) mass is 420 g/mol. The topological polar surface area (TPSA) is 64.4 Å². The highest BCUT2D eigenvalue weighted by atomic mass is 19.3. The summed E-state index contributed by atoms with van der Waals surface area (Å²) in [6.45, 7) is -2.92. The van der Waals surface area contributed by atoms with Gasteiger partial charge in [0.1, 0.15) is 5.75 Å². The van der Waals surface area contributed by atoms with Crippen LogP contribution >= 0.6 is 0 Å². The van der Waals surface area contributed by atoms with E-state index >= 15 is 0 Å². The molecule has 1 heterocycles. The van der Waals surface area contributed by atoms with E-state index in [-0.39, 0.29) is 18.2 Å². The highest BCUT2D eigenvalue weighted by Crippen LogP contribution is 2.28. The number of hydrogen-bond acceptors (Lipinski definition) is 4. The van der Waals surface area contributed by atoms with E-state index in [0.717, 1.165) is 5.56 Å². The Morgan fingerprint density at radius 1 is 0.968 bits per heavy atom. The Kier molecular flexibility index (Phi) is 6.03. The minimum Gasteiger partial charge on any atom is -0.436 e. The third-order valence-electron chi connectivity index (χ3n) is 4.59. The summed E-state index contributed by atoms with van der Waals surface area (Å²) < 4.78 is 35.6. The molecule has 0 saturated carbocycles. The summed E-state index contributed by atoms with van der Waals surface area (Å²) in [7, 11) is 0. The zero-order chi connectivity index (χ0) is 21.6. The number of nitrogens with zero attached hydrogens (tertiary/aromatic N) is 1. The van der Waals surface area contributed by atoms with Crippen LogP contribution < -0.4 is 10.1 Å². The van der Waals surface area contributed by atoms with Crippen LogP contribution in [0.15, 0.2) is 89.5 Å². The number of halogens is 2. The molecule has 156 valence electrons. The van der Waals surface area contributed by atoms with Crippen LogP contribution in [0.2, 0.25) is 0 Å². The molecule has 1 amide bonds. The van der Waals surface area contributed by atoms with Crippen molar-refractivity contribution in [2.75, 3.05) is 0 Å². The van der Waals surface area contributed by atoms with Crippen LogP contribution in [0.4, 0.5) is 8.78 Å². The van der Waals surface area contributed by atoms with Gasteiger partial charge >= 0.3 is 6.61 Å². The zero-order valence-electron chi connectivity index (χ0n) is 16.3. The number of benzene rings is 3. The third-order valence-corrected chi connectivity index (χ3v) is 4.59. The van der Waals surface area contributed by atoms with Crippen LogP contribution in [-0.4, -0.2) is 17.5 Å². The second-order valence-corrected chi connectivity index (χ2v) is 6.61. The Balaban J connectivity index is 1.54. The maximum Gasteiger partial charge on any atom is 0.387 e. The number of alkyl halides is 2. The van der Waals surface area contributed by atoms with Gasteiger partial charge in [0.25, 0.3) is 5.91 Å². The quantitative estimate of drug-likeness (QED) is 0.426. The molecule has 0 unspecified atom stereocenters. The Hall–Kier alpha value is -4.00. The molecular formula is C24H18F2N2O3. The van der Waals surface area contributed by atoms with Crippen molar-refractivity contribution in [1.82, 2.24) is 10.3 Å². The standard InChI is InChI=1S/C24H18F2N2O3/c25-24(26)31-20-13-7-4-10-17(20)14-27-22(29)18-11-5-6-12-19(18)23-28-15-21(30-23)16-8-2-1-3-9-16/h1-13,15,24H,14H2,(H,27,29). The summed E-state index contributed by atoms with van der Waals surface area (Å²) in [5, 5.41) is 2.74. The number of rotatable bonds is 7. The van der Waals surface area contributed by atoms with Crippen molar-refractivity contribution >= 4 is 5.91 Å². The number of carbonyl (C=O) groups excluding carboxylic acids is 1. The van der Waals surface area contributed by atoms with Crippen molar-refractivity contribution in [3.63, 3.8) is 0 Å². The molecular weight excluding hydrogens is 402 g/mol. The summed E-state index contributed by atoms with van der Waals surface area (Å²) in [4.78, 5) is 17.2. The number of amides is 1. The lowest BCUT2D eigenvalue weighted by Crippen LogP contribution is -2.24. The first-order chi connectivity index (χ1) is 15.1. The molecule has 0 fully saturated rings. The molecule has 5 nitrogen and oxygen atoms in total. The fourth-order valence-electron chi connectivity index (χ4n) is 3.13. The lowest BCUT2D eigenvalue weighted by atomic mass is 10.1. The molecule has 1 aromatic heterocycles. The first-order valence-corrected chi connectivity index (χ1v) is 9.53. The van der Waals surface area contributed by atoms with Gasteiger partial charge in [-0.2, -0.15) is 8.78 Å². The summed E-state index contributed by atoms with van der Waals surface area (Å²) in [5.74, 6) is 0.531. The van der Waals surface area contributed by atoms with E-state index in [1.165, 1.54) is 6.07 Å². The van der Waals surface area contributed by atoms with E-state index in [1.54, 1.807) is 48.7 Å². The summed E-state index contributed by atoms with van der Waals surface area (Å²) >= 11 is 0. The number of ether oxygens (including phenoxy) is 1. The normalized spacial score (nSPS) is 10.8. The second kappa shape index (κ2) is 9.21. The molecule has 31 heavy (non-hydrogen) atoms. The number of nitrogens with one attached hydrogen (secondary N) is 1. The van der Waals surface area contributed by atoms with E-state index in [4.69, 9.17) is 4.42 Å². The molecule has 0 saturated heterocycles. The van der Waals surface area contributed by atoms with E-state index in [1.807, 2.05) is 30.3 Å². The lowest BCUT2D eigenvalue weighted by Gasteiger charge is -2.12. The number of aromatic nitrogens is 1. The van der Waals surface area contributed by atoms with Gasteiger partial charge in [0.2, 0.25) is 5.89 Å². The van der Waals surface area contributed by atoms with Gasteiger partial charge in [0.05, 0.1) is 11.8 Å². The van der Waals surface area contributed by atoms with Gasteiger partial charge in [0, 0.05) is 23.2 Å². The van der Waals surface area contributed by atoms with Crippen molar-refractivity contribution in [1.29, 1.82) is 0 Å². The van der Waals surface area contributed by atoms with Gasteiger partial charge in [-0.3, -0.25) is 4.79 Å². The average Bonchev–Trinajstić information content (AvgIpc) is 3.29. The molecule has 0 radical (unpaired) electrons. The highest BCUT2D eigenvalue weighted by Gasteiger charge is 2.17. The van der Waals surface area contributed by atoms with Gasteiger partial charge in [-0.25, -0.2) is 4.98 Å². The Labute approximate surface area is 177 Å². The molecule has 0 bridgehead atoms. The van der Waals surface area contributed by atoms with Gasteiger partial charge in [-0.05, 0) is 18.2 Å². The smallest absolute Gasteiger partial charge is 0.387 e. The fourth-order valence-corrected chi connectivity index (χ4v) is 3.13. The predicted molar refractivity (Wildman–Crippen MR) is 112 cm³/mol. The van der Waals surface area contributed by atoms with Gasteiger partial charge in [0.15, 0.2) is 5.76 Å². The first-order valence-electron chi connectivity index (χ1n) is 9.53. The Morgan fingerprint density at radius 2 is 1.68 bits per heavy atom. The molecule has 1 N–H and O–H groups in total. The van der Waals surface area contributed by atoms with Crippen LogP contribution in [0.1, 0.15) is 15.9 Å². The Bertz CT molecular complexity index is 1180. The summed E-state index contributed by atoms with van der Waals surface area (Å²) in [6, 6.07) is 22.7. The van der Waals surface area contributed by atoms with Crippen LogP contribution in [-0.2, 0) is 6.54 Å². The van der Waals surface area contributed by atoms with E-state index in [2.05, 4.69) is 15.0 Å². The third kappa shape index (κ3) is 4.78.